The number of para-hydroxylation sites is 2. The maximum absolute atomic E-state index is 13.1. The van der Waals surface area contributed by atoms with Gasteiger partial charge in [0.25, 0.3) is 21.8 Å². The molecule has 388 valence electrons. The van der Waals surface area contributed by atoms with Gasteiger partial charge in [-0.3, -0.25) is 14.4 Å². The molecule has 15 heteroatoms. The molecule has 0 atom stereocenters. The zero-order chi connectivity index (χ0) is 52.9. The first-order valence-electron chi connectivity index (χ1n) is 24.6. The Hall–Kier alpha value is -6.49. The Kier molecular flexibility index (Phi) is 22.1. The minimum Gasteiger partial charge on any atom is -0.489 e. The number of nitrogens with two attached hydrogens (primary N) is 1. The van der Waals surface area contributed by atoms with E-state index < -0.39 is 21.8 Å². The fraction of sp³-hybridized carbons (Fsp3) is 0.328. The van der Waals surface area contributed by atoms with E-state index in [4.69, 9.17) is 15.4 Å². The molecule has 0 radical (unpaired) electrons. The number of unbranched alkanes of at least 4 members (excludes halogenated alkanes) is 6. The normalized spacial score (nSPS) is 11.5. The standard InChI is InChI=1S/C34H44N2O5S.C24H26N2O4S/c1-5-6-7-8-9-10-11-19-32(37)36-42(39,40)31-18-13-12-17-30(31)35-33(38)27-15-14-16-29(24-27)41-25-26-20-22-28(23-21-26)34(2,3)4;1-24(2,3)19-13-11-17(12-14-19)16-28-20-8-6-7-18(15-20)23(27)26-21-9-4-5-10-22(21)31-30-29-25/h12-18,20-24H,5-11,19,25H2,1-4H3,(H,35,38)(H,36,37);4-15H,16,25H2,1-3H3,(H,26,27). The van der Waals surface area contributed by atoms with Crippen LogP contribution in [0.15, 0.2) is 155 Å². The molecule has 0 aromatic heterocycles. The molecule has 0 saturated heterocycles. The van der Waals surface area contributed by atoms with Crippen LogP contribution in [0, 0.1) is 0 Å². The van der Waals surface area contributed by atoms with E-state index in [1.54, 1.807) is 66.7 Å². The molecule has 0 aliphatic rings. The lowest BCUT2D eigenvalue weighted by molar-refractivity contribution is -0.195. The molecule has 73 heavy (non-hydrogen) atoms. The van der Waals surface area contributed by atoms with Crippen LogP contribution in [0.4, 0.5) is 11.4 Å². The topological polar surface area (TPSA) is 184 Å². The van der Waals surface area contributed by atoms with Gasteiger partial charge < -0.3 is 20.1 Å². The Morgan fingerprint density at radius 1 is 0.562 bits per heavy atom. The van der Waals surface area contributed by atoms with Crippen molar-refractivity contribution in [3.63, 3.8) is 0 Å². The molecule has 0 aliphatic carbocycles. The van der Waals surface area contributed by atoms with E-state index in [9.17, 15) is 22.8 Å². The van der Waals surface area contributed by atoms with Gasteiger partial charge >= 0.3 is 0 Å². The number of benzene rings is 6. The van der Waals surface area contributed by atoms with E-state index in [-0.39, 0.29) is 33.7 Å². The molecule has 6 rings (SSSR count). The number of amides is 3. The highest BCUT2D eigenvalue weighted by atomic mass is 32.2. The Morgan fingerprint density at radius 2 is 1.03 bits per heavy atom. The van der Waals surface area contributed by atoms with Crippen LogP contribution in [0.3, 0.4) is 0 Å². The number of nitrogens with one attached hydrogen (secondary N) is 3. The van der Waals surface area contributed by atoms with Gasteiger partial charge in [0.2, 0.25) is 5.91 Å². The summed E-state index contributed by atoms with van der Waals surface area (Å²) in [5.74, 6) is 4.71. The average Bonchev–Trinajstić information content (AvgIpc) is 3.37. The predicted octanol–water partition coefficient (Wildman–Crippen LogP) is 13.4. The quantitative estimate of drug-likeness (QED) is 0.0207. The van der Waals surface area contributed by atoms with Crippen molar-refractivity contribution >= 4 is 51.2 Å². The van der Waals surface area contributed by atoms with Gasteiger partial charge in [-0.15, -0.1) is 9.32 Å². The highest BCUT2D eigenvalue weighted by molar-refractivity contribution is 7.94. The SMILES string of the molecule is CC(C)(C)c1ccc(COc2cccc(C(=O)Nc3ccccc3SOON)c2)cc1.CCCCCCCCCC(=O)NS(=O)(=O)c1ccccc1NC(=O)c1cccc(OCc2ccc(C(C)(C)C)cc2)c1. The summed E-state index contributed by atoms with van der Waals surface area (Å²) in [6, 6.07) is 43.6. The summed E-state index contributed by atoms with van der Waals surface area (Å²) in [4.78, 5) is 42.8. The van der Waals surface area contributed by atoms with Crippen LogP contribution >= 0.6 is 12.0 Å². The van der Waals surface area contributed by atoms with Gasteiger partial charge in [-0.2, -0.15) is 5.90 Å². The summed E-state index contributed by atoms with van der Waals surface area (Å²) in [5, 5.41) is 5.54. The number of ether oxygens (including phenoxy) is 2. The summed E-state index contributed by atoms with van der Waals surface area (Å²) in [7, 11) is -4.17. The van der Waals surface area contributed by atoms with Gasteiger partial charge in [-0.1, -0.05) is 172 Å². The minimum atomic E-state index is -4.17. The fourth-order valence-corrected chi connectivity index (χ4v) is 9.01. The molecule has 0 heterocycles. The number of sulfonamides is 1. The monoisotopic (exact) mass is 1030 g/mol. The van der Waals surface area contributed by atoms with E-state index in [0.717, 1.165) is 42.4 Å². The van der Waals surface area contributed by atoms with Gasteiger partial charge in [0.15, 0.2) is 0 Å². The van der Waals surface area contributed by atoms with Crippen LogP contribution < -0.4 is 30.7 Å². The molecule has 0 spiro atoms. The number of carbonyl (C=O) groups is 3. The molecule has 6 aromatic carbocycles. The van der Waals surface area contributed by atoms with E-state index in [1.807, 2.05) is 30.3 Å². The van der Waals surface area contributed by atoms with Crippen molar-refractivity contribution in [2.75, 3.05) is 10.6 Å². The molecule has 0 bridgehead atoms. The maximum atomic E-state index is 13.1. The van der Waals surface area contributed by atoms with Gasteiger partial charge in [0, 0.05) is 17.5 Å². The van der Waals surface area contributed by atoms with Crippen LogP contribution in [0.25, 0.3) is 0 Å². The number of hydrogen-bond donors (Lipinski definition) is 4. The Balaban J connectivity index is 0.000000283. The molecule has 0 unspecified atom stereocenters. The van der Waals surface area contributed by atoms with Crippen LogP contribution in [0.1, 0.15) is 143 Å². The number of carbonyl (C=O) groups excluding carboxylic acids is 3. The molecule has 0 fully saturated rings. The molecule has 5 N–H and O–H groups in total. The third-order valence-electron chi connectivity index (χ3n) is 11.6. The summed E-state index contributed by atoms with van der Waals surface area (Å²) in [6.45, 7) is 16.0. The second-order valence-corrected chi connectivity index (χ2v) is 22.0. The van der Waals surface area contributed by atoms with Gasteiger partial charge in [-0.25, -0.2) is 13.1 Å². The molecule has 13 nitrogen and oxygen atoms in total. The Bertz CT molecular complexity index is 2830. The second kappa shape index (κ2) is 28.1. The summed E-state index contributed by atoms with van der Waals surface area (Å²) < 4.78 is 44.7. The average molecular weight is 1030 g/mol. The van der Waals surface area contributed by atoms with Gasteiger partial charge in [0.05, 0.1) is 28.3 Å². The first kappa shape index (κ1) is 57.4. The molecular formula is C58H70N4O9S2. The molecular weight excluding hydrogens is 961 g/mol. The molecule has 0 saturated carbocycles. The predicted molar refractivity (Wildman–Crippen MR) is 291 cm³/mol. The maximum Gasteiger partial charge on any atom is 0.266 e. The van der Waals surface area contributed by atoms with Gasteiger partial charge in [-0.05, 0) is 100 Å². The van der Waals surface area contributed by atoms with Crippen LogP contribution in [0.2, 0.25) is 0 Å². The van der Waals surface area contributed by atoms with Crippen molar-refractivity contribution in [1.29, 1.82) is 0 Å². The number of rotatable bonds is 23. The Labute approximate surface area is 436 Å². The zero-order valence-corrected chi connectivity index (χ0v) is 44.6. The zero-order valence-electron chi connectivity index (χ0n) is 43.0. The van der Waals surface area contributed by atoms with Crippen LogP contribution in [-0.4, -0.2) is 26.1 Å². The van der Waals surface area contributed by atoms with Crippen molar-refractivity contribution in [2.24, 2.45) is 5.90 Å². The summed E-state index contributed by atoms with van der Waals surface area (Å²) in [6.07, 6.45) is 7.38. The van der Waals surface area contributed by atoms with E-state index in [2.05, 4.69) is 110 Å². The lowest BCUT2D eigenvalue weighted by atomic mass is 9.87. The highest BCUT2D eigenvalue weighted by Gasteiger charge is 2.23. The second-order valence-electron chi connectivity index (χ2n) is 19.6. The van der Waals surface area contributed by atoms with Gasteiger partial charge in [0.1, 0.15) is 29.6 Å². The largest absolute Gasteiger partial charge is 0.489 e. The number of hydrogen-bond acceptors (Lipinski definition) is 11. The third-order valence-corrected chi connectivity index (χ3v) is 13.7. The fourth-order valence-electron chi connectivity index (χ4n) is 7.38. The first-order chi connectivity index (χ1) is 34.9. The molecule has 3 amide bonds. The van der Waals surface area contributed by atoms with E-state index in [1.165, 1.54) is 42.5 Å². The smallest absolute Gasteiger partial charge is 0.266 e. The highest BCUT2D eigenvalue weighted by Crippen LogP contribution is 2.29. The summed E-state index contributed by atoms with van der Waals surface area (Å²) >= 11 is 0.909. The van der Waals surface area contributed by atoms with Crippen molar-refractivity contribution in [3.05, 3.63) is 179 Å². The Morgan fingerprint density at radius 3 is 1.53 bits per heavy atom. The lowest BCUT2D eigenvalue weighted by Gasteiger charge is -2.19. The van der Waals surface area contributed by atoms with Crippen LogP contribution in [0.5, 0.6) is 11.5 Å². The van der Waals surface area contributed by atoms with Crippen molar-refractivity contribution < 1.29 is 41.6 Å². The lowest BCUT2D eigenvalue weighted by Crippen LogP contribution is -2.31. The molecule has 0 aliphatic heterocycles. The van der Waals surface area contributed by atoms with E-state index in [0.29, 0.717) is 52.8 Å². The van der Waals surface area contributed by atoms with E-state index >= 15 is 0 Å². The van der Waals surface area contributed by atoms with Crippen molar-refractivity contribution in [1.82, 2.24) is 4.72 Å². The summed E-state index contributed by atoms with van der Waals surface area (Å²) in [5.41, 5.74) is 6.23. The minimum absolute atomic E-state index is 0.0673. The number of anilines is 2. The first-order valence-corrected chi connectivity index (χ1v) is 26.8. The third kappa shape index (κ3) is 19.1. The van der Waals surface area contributed by atoms with Crippen LogP contribution in [-0.2, 0) is 48.2 Å². The van der Waals surface area contributed by atoms with Crippen molar-refractivity contribution in [2.45, 2.75) is 134 Å². The molecule has 6 aromatic rings. The van der Waals surface area contributed by atoms with Crippen molar-refractivity contribution in [3.8, 4) is 11.5 Å².